The number of hydrogen-bond donors (Lipinski definition) is 0. The first kappa shape index (κ1) is 13.7. The minimum atomic E-state index is 0.319. The molecule has 0 amide bonds. The molecule has 0 saturated heterocycles. The van der Waals surface area contributed by atoms with Gasteiger partial charge in [-0.2, -0.15) is 0 Å². The molecule has 0 aromatic heterocycles. The second-order valence-electron chi connectivity index (χ2n) is 6.81. The predicted molar refractivity (Wildman–Crippen MR) is 83.3 cm³/mol. The molecule has 1 heterocycles. The topological polar surface area (TPSA) is 20.3 Å². The van der Waals surface area contributed by atoms with Crippen LogP contribution in [0, 0.1) is 11.8 Å². The maximum absolute atomic E-state index is 12.2. The molecule has 3 rings (SSSR count). The number of Topliss-reactive ketones (excluding diaryl/α,β-unsaturated/α-hetero) is 1. The third kappa shape index (κ3) is 2.61. The molecule has 0 radical (unpaired) electrons. The zero-order valence-electron chi connectivity index (χ0n) is 12.6. The Morgan fingerprint density at radius 1 is 1.05 bits per heavy atom. The highest BCUT2D eigenvalue weighted by Crippen LogP contribution is 2.36. The molecule has 20 heavy (non-hydrogen) atoms. The Morgan fingerprint density at radius 3 is 2.50 bits per heavy atom. The van der Waals surface area contributed by atoms with Gasteiger partial charge in [-0.3, -0.25) is 4.79 Å². The first-order valence-electron chi connectivity index (χ1n) is 8.04. The Balaban J connectivity index is 1.92. The van der Waals surface area contributed by atoms with Gasteiger partial charge in [0, 0.05) is 30.3 Å². The van der Waals surface area contributed by atoms with Gasteiger partial charge in [0.15, 0.2) is 5.78 Å². The van der Waals surface area contributed by atoms with Crippen LogP contribution >= 0.6 is 0 Å². The number of nitrogens with zero attached hydrogens (tertiary/aromatic N) is 1. The SMILES string of the molecule is CC1CC(C)CC(N2CCCC(=O)c3ccccc32)C1. The summed E-state index contributed by atoms with van der Waals surface area (Å²) in [5.41, 5.74) is 2.12. The van der Waals surface area contributed by atoms with E-state index in [4.69, 9.17) is 0 Å². The molecule has 1 aliphatic carbocycles. The van der Waals surface area contributed by atoms with Crippen LogP contribution in [0.4, 0.5) is 5.69 Å². The monoisotopic (exact) mass is 271 g/mol. The number of hydrogen-bond acceptors (Lipinski definition) is 2. The Hall–Kier alpha value is -1.31. The van der Waals surface area contributed by atoms with Gasteiger partial charge in [0.1, 0.15) is 0 Å². The van der Waals surface area contributed by atoms with Gasteiger partial charge in [-0.05, 0) is 49.7 Å². The van der Waals surface area contributed by atoms with Crippen molar-refractivity contribution in [3.05, 3.63) is 29.8 Å². The van der Waals surface area contributed by atoms with E-state index in [0.717, 1.165) is 30.4 Å². The third-order valence-corrected chi connectivity index (χ3v) is 4.91. The molecule has 1 aliphatic heterocycles. The van der Waals surface area contributed by atoms with Gasteiger partial charge >= 0.3 is 0 Å². The van der Waals surface area contributed by atoms with Gasteiger partial charge in [0.2, 0.25) is 0 Å². The molecule has 2 heteroatoms. The number of para-hydroxylation sites is 1. The molecule has 1 saturated carbocycles. The number of ketones is 1. The lowest BCUT2D eigenvalue weighted by Crippen LogP contribution is -2.41. The molecule has 108 valence electrons. The summed E-state index contributed by atoms with van der Waals surface area (Å²) in [5, 5.41) is 0. The molecule has 0 bridgehead atoms. The Morgan fingerprint density at radius 2 is 1.75 bits per heavy atom. The van der Waals surface area contributed by atoms with E-state index in [0.29, 0.717) is 18.2 Å². The molecule has 2 aliphatic rings. The molecule has 1 aromatic carbocycles. The Kier molecular flexibility index (Phi) is 3.82. The normalized spacial score (nSPS) is 30.8. The fourth-order valence-electron chi connectivity index (χ4n) is 4.16. The highest BCUT2D eigenvalue weighted by atomic mass is 16.1. The fourth-order valence-corrected chi connectivity index (χ4v) is 4.16. The first-order chi connectivity index (χ1) is 9.65. The number of benzene rings is 1. The van der Waals surface area contributed by atoms with Gasteiger partial charge < -0.3 is 4.90 Å². The maximum Gasteiger partial charge on any atom is 0.165 e. The second kappa shape index (κ2) is 5.59. The number of rotatable bonds is 1. The van der Waals surface area contributed by atoms with Crippen LogP contribution in [-0.2, 0) is 0 Å². The van der Waals surface area contributed by atoms with Crippen molar-refractivity contribution in [1.82, 2.24) is 0 Å². The first-order valence-corrected chi connectivity index (χ1v) is 8.04. The van der Waals surface area contributed by atoms with Gasteiger partial charge in [-0.1, -0.05) is 26.0 Å². The molecule has 2 unspecified atom stereocenters. The van der Waals surface area contributed by atoms with Gasteiger partial charge in [-0.25, -0.2) is 0 Å². The van der Waals surface area contributed by atoms with E-state index in [9.17, 15) is 4.79 Å². The Bertz CT molecular complexity index is 486. The third-order valence-electron chi connectivity index (χ3n) is 4.91. The summed E-state index contributed by atoms with van der Waals surface area (Å²) in [7, 11) is 0. The zero-order valence-corrected chi connectivity index (χ0v) is 12.6. The van der Waals surface area contributed by atoms with Crippen molar-refractivity contribution in [3.63, 3.8) is 0 Å². The van der Waals surface area contributed by atoms with Crippen LogP contribution < -0.4 is 4.90 Å². The van der Waals surface area contributed by atoms with Crippen LogP contribution in [0.2, 0.25) is 0 Å². The van der Waals surface area contributed by atoms with Crippen molar-refractivity contribution >= 4 is 11.5 Å². The number of fused-ring (bicyclic) bond motifs is 1. The van der Waals surface area contributed by atoms with E-state index in [1.165, 1.54) is 24.9 Å². The highest BCUT2D eigenvalue weighted by molar-refractivity contribution is 6.02. The molecule has 0 spiro atoms. The van der Waals surface area contributed by atoms with E-state index in [1.54, 1.807) is 0 Å². The van der Waals surface area contributed by atoms with Crippen LogP contribution in [0.3, 0.4) is 0 Å². The zero-order chi connectivity index (χ0) is 14.1. The lowest BCUT2D eigenvalue weighted by molar-refractivity contribution is 0.0983. The molecule has 2 atom stereocenters. The number of carbonyl (C=O) groups excluding carboxylic acids is 1. The lowest BCUT2D eigenvalue weighted by Gasteiger charge is -2.40. The van der Waals surface area contributed by atoms with Gasteiger partial charge in [-0.15, -0.1) is 0 Å². The van der Waals surface area contributed by atoms with E-state index in [-0.39, 0.29) is 0 Å². The average Bonchev–Trinajstić information content (AvgIpc) is 2.58. The molecular formula is C18H25NO. The molecule has 2 nitrogen and oxygen atoms in total. The van der Waals surface area contributed by atoms with Gasteiger partial charge in [0.25, 0.3) is 0 Å². The van der Waals surface area contributed by atoms with Crippen molar-refractivity contribution in [1.29, 1.82) is 0 Å². The van der Waals surface area contributed by atoms with Crippen LogP contribution in [0.25, 0.3) is 0 Å². The number of anilines is 1. The smallest absolute Gasteiger partial charge is 0.165 e. The summed E-state index contributed by atoms with van der Waals surface area (Å²) in [4.78, 5) is 14.8. The van der Waals surface area contributed by atoms with Crippen molar-refractivity contribution in [2.45, 2.75) is 52.0 Å². The van der Waals surface area contributed by atoms with Crippen LogP contribution in [0.1, 0.15) is 56.3 Å². The predicted octanol–water partition coefficient (Wildman–Crippen LogP) is 4.29. The minimum absolute atomic E-state index is 0.319. The summed E-state index contributed by atoms with van der Waals surface area (Å²) < 4.78 is 0. The van der Waals surface area contributed by atoms with Gasteiger partial charge in [0.05, 0.1) is 0 Å². The molecular weight excluding hydrogens is 246 g/mol. The van der Waals surface area contributed by atoms with Crippen LogP contribution in [0.15, 0.2) is 24.3 Å². The highest BCUT2D eigenvalue weighted by Gasteiger charge is 2.31. The minimum Gasteiger partial charge on any atom is -0.368 e. The fraction of sp³-hybridized carbons (Fsp3) is 0.611. The number of carbonyl (C=O) groups is 1. The quantitative estimate of drug-likeness (QED) is 0.759. The summed E-state index contributed by atoms with van der Waals surface area (Å²) >= 11 is 0. The van der Waals surface area contributed by atoms with Crippen LogP contribution in [0.5, 0.6) is 0 Å². The molecule has 1 aromatic rings. The van der Waals surface area contributed by atoms with Crippen molar-refractivity contribution in [2.75, 3.05) is 11.4 Å². The van der Waals surface area contributed by atoms with E-state index in [1.807, 2.05) is 12.1 Å². The summed E-state index contributed by atoms with van der Waals surface area (Å²) in [5.74, 6) is 1.92. The molecule has 0 N–H and O–H groups in total. The summed E-state index contributed by atoms with van der Waals surface area (Å²) in [6.45, 7) is 5.78. The summed E-state index contributed by atoms with van der Waals surface area (Å²) in [6.07, 6.45) is 5.59. The second-order valence-corrected chi connectivity index (χ2v) is 6.81. The molecule has 1 fully saturated rings. The van der Waals surface area contributed by atoms with E-state index < -0.39 is 0 Å². The Labute approximate surface area is 122 Å². The maximum atomic E-state index is 12.2. The van der Waals surface area contributed by atoms with Crippen molar-refractivity contribution < 1.29 is 4.79 Å². The van der Waals surface area contributed by atoms with E-state index >= 15 is 0 Å². The van der Waals surface area contributed by atoms with Crippen LogP contribution in [-0.4, -0.2) is 18.4 Å². The largest absolute Gasteiger partial charge is 0.368 e. The van der Waals surface area contributed by atoms with Crippen molar-refractivity contribution in [2.24, 2.45) is 11.8 Å². The van der Waals surface area contributed by atoms with Crippen molar-refractivity contribution in [3.8, 4) is 0 Å². The van der Waals surface area contributed by atoms with E-state index in [2.05, 4.69) is 30.9 Å². The summed E-state index contributed by atoms with van der Waals surface area (Å²) in [6, 6.07) is 8.82. The lowest BCUT2D eigenvalue weighted by atomic mass is 9.79. The average molecular weight is 271 g/mol. The standard InChI is InChI=1S/C18H25NO/c1-13-10-14(2)12-15(11-13)19-9-5-8-18(20)16-6-3-4-7-17(16)19/h3-4,6-7,13-15H,5,8-12H2,1-2H3.